The van der Waals surface area contributed by atoms with Crippen LogP contribution in [-0.4, -0.2) is 81.3 Å². The van der Waals surface area contributed by atoms with Crippen LogP contribution in [0.25, 0.3) is 0 Å². The number of aliphatic hydroxyl groups is 1. The molecule has 0 saturated carbocycles. The van der Waals surface area contributed by atoms with E-state index < -0.39 is 46.6 Å². The van der Waals surface area contributed by atoms with E-state index in [0.29, 0.717) is 32.2 Å². The standard InChI is InChI=1S/C30H48N2O6/c1-10-13-17-37-26(36)22-21-24(34)32(20(12-3)18-33)23(30(21)15-14-29(22,9)38-30)25(35)31(16-11-2)28(7,8)19-27(4,5)6/h10-11,20-23,33H,1-2,12-19H2,3-9H3/t20-,21-,22+,23?,29-,30?/m0/s1. The molecule has 0 aromatic rings. The summed E-state index contributed by atoms with van der Waals surface area (Å²) < 4.78 is 12.2. The van der Waals surface area contributed by atoms with E-state index in [-0.39, 0.29) is 30.4 Å². The normalized spacial score (nSPS) is 31.2. The number of esters is 1. The van der Waals surface area contributed by atoms with Crippen LogP contribution in [0.1, 0.15) is 80.6 Å². The molecule has 8 nitrogen and oxygen atoms in total. The number of aliphatic hydroxyl groups excluding tert-OH is 1. The van der Waals surface area contributed by atoms with E-state index in [1.165, 1.54) is 4.90 Å². The summed E-state index contributed by atoms with van der Waals surface area (Å²) in [5.41, 5.74) is -2.66. The monoisotopic (exact) mass is 532 g/mol. The molecule has 1 N–H and O–H groups in total. The van der Waals surface area contributed by atoms with Crippen molar-refractivity contribution in [2.24, 2.45) is 17.3 Å². The molecule has 8 heteroatoms. The molecule has 0 aromatic heterocycles. The molecule has 1 spiro atoms. The number of fused-ring (bicyclic) bond motifs is 1. The van der Waals surface area contributed by atoms with E-state index in [2.05, 4.69) is 33.9 Å². The summed E-state index contributed by atoms with van der Waals surface area (Å²) in [6.45, 7) is 22.0. The van der Waals surface area contributed by atoms with Crippen LogP contribution in [0, 0.1) is 17.3 Å². The molecule has 3 saturated heterocycles. The van der Waals surface area contributed by atoms with Crippen molar-refractivity contribution in [1.82, 2.24) is 9.80 Å². The van der Waals surface area contributed by atoms with Crippen LogP contribution in [0.4, 0.5) is 0 Å². The van der Waals surface area contributed by atoms with Crippen LogP contribution < -0.4 is 0 Å². The zero-order chi connectivity index (χ0) is 28.7. The van der Waals surface area contributed by atoms with Gasteiger partial charge in [0.2, 0.25) is 11.8 Å². The molecular formula is C30H48N2O6. The van der Waals surface area contributed by atoms with E-state index in [0.717, 1.165) is 6.42 Å². The van der Waals surface area contributed by atoms with E-state index in [4.69, 9.17) is 9.47 Å². The molecule has 2 amide bonds. The summed E-state index contributed by atoms with van der Waals surface area (Å²) in [5, 5.41) is 10.3. The molecule has 3 heterocycles. The second-order valence-corrected chi connectivity index (χ2v) is 13.2. The highest BCUT2D eigenvalue weighted by molar-refractivity contribution is 5.99. The average molecular weight is 533 g/mol. The molecule has 38 heavy (non-hydrogen) atoms. The van der Waals surface area contributed by atoms with Gasteiger partial charge in [-0.25, -0.2) is 0 Å². The van der Waals surface area contributed by atoms with Crippen molar-refractivity contribution >= 4 is 17.8 Å². The minimum Gasteiger partial charge on any atom is -0.465 e. The van der Waals surface area contributed by atoms with Gasteiger partial charge in [0.1, 0.15) is 17.6 Å². The molecule has 0 aliphatic carbocycles. The fraction of sp³-hybridized carbons (Fsp3) is 0.767. The minimum atomic E-state index is -1.16. The van der Waals surface area contributed by atoms with Gasteiger partial charge in [0.05, 0.1) is 30.8 Å². The lowest BCUT2D eigenvalue weighted by Gasteiger charge is -2.46. The second-order valence-electron chi connectivity index (χ2n) is 13.2. The molecule has 2 bridgehead atoms. The Bertz CT molecular complexity index is 951. The van der Waals surface area contributed by atoms with Gasteiger partial charge in [0, 0.05) is 12.1 Å². The lowest BCUT2D eigenvalue weighted by atomic mass is 9.66. The number of likely N-dealkylation sites (tertiary alicyclic amines) is 1. The van der Waals surface area contributed by atoms with Crippen LogP contribution in [0.3, 0.4) is 0 Å². The van der Waals surface area contributed by atoms with Gasteiger partial charge in [-0.3, -0.25) is 14.4 Å². The highest BCUT2D eigenvalue weighted by atomic mass is 16.6. The Hall–Kier alpha value is -2.19. The minimum absolute atomic E-state index is 0.0532. The van der Waals surface area contributed by atoms with E-state index >= 15 is 0 Å². The third-order valence-corrected chi connectivity index (χ3v) is 8.62. The number of hydrogen-bond acceptors (Lipinski definition) is 6. The third kappa shape index (κ3) is 5.06. The molecule has 0 radical (unpaired) electrons. The first-order chi connectivity index (χ1) is 17.6. The molecule has 214 valence electrons. The maximum absolute atomic E-state index is 14.7. The molecular weight excluding hydrogens is 484 g/mol. The van der Waals surface area contributed by atoms with Crippen molar-refractivity contribution in [3.63, 3.8) is 0 Å². The number of nitrogens with zero attached hydrogens (tertiary/aromatic N) is 2. The number of carbonyl (C=O) groups excluding carboxylic acids is 3. The Morgan fingerprint density at radius 2 is 1.89 bits per heavy atom. The van der Waals surface area contributed by atoms with Crippen molar-refractivity contribution in [2.45, 2.75) is 109 Å². The zero-order valence-electron chi connectivity index (χ0n) is 24.4. The molecule has 0 aromatic carbocycles. The van der Waals surface area contributed by atoms with Crippen LogP contribution in [0.2, 0.25) is 0 Å². The number of rotatable bonds is 12. The molecule has 3 rings (SSSR count). The molecule has 3 aliphatic heterocycles. The largest absolute Gasteiger partial charge is 0.465 e. The SMILES string of the molecule is C=CCCOC(=O)[C@H]1[C@H]2C(=O)N([C@@H](CC)CO)C(C(=O)N(CC=C)C(C)(C)CC(C)(C)C)C23CC[C@]1(C)O3. The first kappa shape index (κ1) is 30.4. The highest BCUT2D eigenvalue weighted by Crippen LogP contribution is 2.64. The van der Waals surface area contributed by atoms with E-state index in [9.17, 15) is 19.5 Å². The van der Waals surface area contributed by atoms with Gasteiger partial charge >= 0.3 is 5.97 Å². The van der Waals surface area contributed by atoms with Crippen molar-refractivity contribution < 1.29 is 29.0 Å². The number of hydrogen-bond donors (Lipinski definition) is 1. The summed E-state index contributed by atoms with van der Waals surface area (Å²) in [6.07, 6.45) is 6.10. The Kier molecular flexibility index (Phi) is 8.60. The van der Waals surface area contributed by atoms with Gasteiger partial charge in [-0.2, -0.15) is 0 Å². The molecule has 3 fully saturated rings. The highest BCUT2D eigenvalue weighted by Gasteiger charge is 2.79. The van der Waals surface area contributed by atoms with Gasteiger partial charge in [0.25, 0.3) is 0 Å². The van der Waals surface area contributed by atoms with Gasteiger partial charge in [-0.15, -0.1) is 13.2 Å². The van der Waals surface area contributed by atoms with Crippen molar-refractivity contribution in [1.29, 1.82) is 0 Å². The van der Waals surface area contributed by atoms with Gasteiger partial charge < -0.3 is 24.4 Å². The van der Waals surface area contributed by atoms with Crippen molar-refractivity contribution in [2.75, 3.05) is 19.8 Å². The zero-order valence-corrected chi connectivity index (χ0v) is 24.4. The number of carbonyl (C=O) groups is 3. The summed E-state index contributed by atoms with van der Waals surface area (Å²) in [5.74, 6) is -2.68. The van der Waals surface area contributed by atoms with Gasteiger partial charge in [-0.1, -0.05) is 39.8 Å². The fourth-order valence-corrected chi connectivity index (χ4v) is 7.45. The van der Waals surface area contributed by atoms with Crippen LogP contribution in [0.5, 0.6) is 0 Å². The Morgan fingerprint density at radius 1 is 1.24 bits per heavy atom. The average Bonchev–Trinajstić information content (AvgIpc) is 3.37. The maximum Gasteiger partial charge on any atom is 0.312 e. The predicted octanol–water partition coefficient (Wildman–Crippen LogP) is 3.87. The topological polar surface area (TPSA) is 96.4 Å². The van der Waals surface area contributed by atoms with E-state index in [1.54, 1.807) is 17.1 Å². The molecule has 3 aliphatic rings. The maximum atomic E-state index is 14.7. The smallest absolute Gasteiger partial charge is 0.312 e. The van der Waals surface area contributed by atoms with E-state index in [1.807, 2.05) is 27.7 Å². The summed E-state index contributed by atoms with van der Waals surface area (Å²) in [4.78, 5) is 45.6. The first-order valence-electron chi connectivity index (χ1n) is 14.0. The Labute approximate surface area is 228 Å². The predicted molar refractivity (Wildman–Crippen MR) is 146 cm³/mol. The molecule has 6 atom stereocenters. The number of ether oxygens (including phenoxy) is 2. The van der Waals surface area contributed by atoms with Gasteiger partial charge in [-0.05, 0) is 58.3 Å². The van der Waals surface area contributed by atoms with Gasteiger partial charge in [0.15, 0.2) is 0 Å². The Morgan fingerprint density at radius 3 is 2.42 bits per heavy atom. The van der Waals surface area contributed by atoms with Crippen LogP contribution >= 0.6 is 0 Å². The fourth-order valence-electron chi connectivity index (χ4n) is 7.45. The van der Waals surface area contributed by atoms with Crippen LogP contribution in [-0.2, 0) is 23.9 Å². The lowest BCUT2D eigenvalue weighted by molar-refractivity contribution is -0.163. The van der Waals surface area contributed by atoms with Crippen molar-refractivity contribution in [3.8, 4) is 0 Å². The quantitative estimate of drug-likeness (QED) is 0.233. The second kappa shape index (κ2) is 10.8. The Balaban J connectivity index is 2.12. The molecule has 2 unspecified atom stereocenters. The third-order valence-electron chi connectivity index (χ3n) is 8.62. The summed E-state index contributed by atoms with van der Waals surface area (Å²) in [7, 11) is 0. The lowest BCUT2D eigenvalue weighted by Crippen LogP contribution is -2.62. The first-order valence-corrected chi connectivity index (χ1v) is 14.0. The van der Waals surface area contributed by atoms with Crippen molar-refractivity contribution in [3.05, 3.63) is 25.3 Å². The van der Waals surface area contributed by atoms with Crippen LogP contribution in [0.15, 0.2) is 25.3 Å². The number of amides is 2. The summed E-state index contributed by atoms with van der Waals surface area (Å²) in [6, 6.07) is -1.52. The summed E-state index contributed by atoms with van der Waals surface area (Å²) >= 11 is 0.